The molecular weight excluding hydrogens is 440 g/mol. The van der Waals surface area contributed by atoms with Crippen LogP contribution >= 0.6 is 11.8 Å². The number of phenolic OH excluding ortho intramolecular Hbond substituents is 1. The monoisotopic (exact) mass is 470 g/mol. The van der Waals surface area contributed by atoms with Gasteiger partial charge in [0.1, 0.15) is 11.8 Å². The Bertz CT molecular complexity index is 789. The summed E-state index contributed by atoms with van der Waals surface area (Å²) in [5, 5.41) is 34.9. The molecule has 12 heteroatoms. The molecule has 1 aromatic rings. The highest BCUT2D eigenvalue weighted by Gasteiger charge is 2.27. The van der Waals surface area contributed by atoms with Crippen molar-refractivity contribution >= 4 is 35.5 Å². The Kier molecular flexibility index (Phi) is 11.5. The molecule has 0 heterocycles. The molecule has 4 atom stereocenters. The zero-order valence-electron chi connectivity index (χ0n) is 17.9. The molecular formula is C20H30N4O7S. The molecule has 0 spiro atoms. The minimum absolute atomic E-state index is 0.0423. The van der Waals surface area contributed by atoms with E-state index in [1.165, 1.54) is 30.8 Å². The fourth-order valence-electron chi connectivity index (χ4n) is 2.64. The number of rotatable bonds is 13. The van der Waals surface area contributed by atoms with E-state index in [4.69, 9.17) is 10.8 Å². The lowest BCUT2D eigenvalue weighted by atomic mass is 10.0. The molecule has 0 fully saturated rings. The number of aliphatic carboxylic acids is 1. The predicted molar refractivity (Wildman–Crippen MR) is 119 cm³/mol. The third kappa shape index (κ3) is 9.54. The van der Waals surface area contributed by atoms with Crippen LogP contribution in [0.5, 0.6) is 5.75 Å². The third-order valence-electron chi connectivity index (χ3n) is 4.47. The molecule has 178 valence electrons. The summed E-state index contributed by atoms with van der Waals surface area (Å²) < 4.78 is 0. The first kappa shape index (κ1) is 27.2. The van der Waals surface area contributed by atoms with Crippen molar-refractivity contribution in [2.75, 3.05) is 18.6 Å². The highest BCUT2D eigenvalue weighted by Crippen LogP contribution is 2.12. The number of carbonyl (C=O) groups is 4. The van der Waals surface area contributed by atoms with Crippen molar-refractivity contribution in [2.24, 2.45) is 5.73 Å². The molecule has 0 bridgehead atoms. The second kappa shape index (κ2) is 13.6. The molecule has 0 aliphatic carbocycles. The maximum atomic E-state index is 12.7. The standard InChI is InChI=1S/C20H30N4O7S/c1-11(25)17(20(30)31)24-16(27)10-22-19(29)15(9-12-3-5-13(26)6-4-12)23-18(28)14(21)7-8-32-2/h3-6,11,14-15,17,25-26H,7-10,21H2,1-2H3,(H,22,29)(H,23,28)(H,24,27)(H,30,31). The number of hydrogen-bond donors (Lipinski definition) is 7. The van der Waals surface area contributed by atoms with Crippen molar-refractivity contribution in [2.45, 2.75) is 44.0 Å². The zero-order valence-corrected chi connectivity index (χ0v) is 18.7. The van der Waals surface area contributed by atoms with Crippen LogP contribution in [0.4, 0.5) is 0 Å². The van der Waals surface area contributed by atoms with Gasteiger partial charge in [0.25, 0.3) is 0 Å². The Morgan fingerprint density at radius 1 is 1.09 bits per heavy atom. The van der Waals surface area contributed by atoms with E-state index >= 15 is 0 Å². The molecule has 0 aliphatic rings. The number of carboxylic acid groups (broad SMARTS) is 1. The van der Waals surface area contributed by atoms with E-state index in [0.29, 0.717) is 17.7 Å². The number of hydrogen-bond acceptors (Lipinski definition) is 8. The van der Waals surface area contributed by atoms with Gasteiger partial charge in [-0.15, -0.1) is 0 Å². The SMILES string of the molecule is CSCCC(N)C(=O)NC(Cc1ccc(O)cc1)C(=O)NCC(=O)NC(C(=O)O)C(C)O. The Hall–Kier alpha value is -2.83. The second-order valence-corrected chi connectivity index (χ2v) is 8.15. The summed E-state index contributed by atoms with van der Waals surface area (Å²) in [4.78, 5) is 48.1. The number of aliphatic hydroxyl groups is 1. The summed E-state index contributed by atoms with van der Waals surface area (Å²) in [6.45, 7) is 0.650. The van der Waals surface area contributed by atoms with Crippen molar-refractivity contribution in [3.05, 3.63) is 29.8 Å². The number of benzene rings is 1. The highest BCUT2D eigenvalue weighted by molar-refractivity contribution is 7.98. The molecule has 1 aromatic carbocycles. The molecule has 0 aliphatic heterocycles. The van der Waals surface area contributed by atoms with Crippen LogP contribution in [0.1, 0.15) is 18.9 Å². The van der Waals surface area contributed by atoms with Gasteiger partial charge < -0.3 is 37.0 Å². The van der Waals surface area contributed by atoms with Crippen molar-refractivity contribution in [3.8, 4) is 5.75 Å². The molecule has 4 unspecified atom stereocenters. The van der Waals surface area contributed by atoms with Gasteiger partial charge in [-0.25, -0.2) is 4.79 Å². The molecule has 1 rings (SSSR count). The normalized spacial score (nSPS) is 14.5. The Morgan fingerprint density at radius 3 is 2.25 bits per heavy atom. The van der Waals surface area contributed by atoms with Crippen LogP contribution in [-0.2, 0) is 25.6 Å². The van der Waals surface area contributed by atoms with Crippen LogP contribution in [0, 0.1) is 0 Å². The smallest absolute Gasteiger partial charge is 0.328 e. The number of carboxylic acids is 1. The third-order valence-corrected chi connectivity index (χ3v) is 5.11. The molecule has 32 heavy (non-hydrogen) atoms. The first-order valence-electron chi connectivity index (χ1n) is 9.85. The summed E-state index contributed by atoms with van der Waals surface area (Å²) in [6.07, 6.45) is 1.03. The van der Waals surface area contributed by atoms with Crippen LogP contribution < -0.4 is 21.7 Å². The van der Waals surface area contributed by atoms with Gasteiger partial charge in [0.15, 0.2) is 6.04 Å². The van der Waals surface area contributed by atoms with Gasteiger partial charge in [-0.3, -0.25) is 14.4 Å². The number of amides is 3. The predicted octanol–water partition coefficient (Wildman–Crippen LogP) is -1.43. The van der Waals surface area contributed by atoms with Crippen molar-refractivity contribution in [1.29, 1.82) is 0 Å². The lowest BCUT2D eigenvalue weighted by Crippen LogP contribution is -2.55. The fourth-order valence-corrected chi connectivity index (χ4v) is 3.13. The van der Waals surface area contributed by atoms with E-state index in [1.807, 2.05) is 6.26 Å². The van der Waals surface area contributed by atoms with Gasteiger partial charge in [0.2, 0.25) is 17.7 Å². The Morgan fingerprint density at radius 2 is 1.72 bits per heavy atom. The van der Waals surface area contributed by atoms with E-state index in [-0.39, 0.29) is 12.2 Å². The topological polar surface area (TPSA) is 191 Å². The Labute approximate surface area is 190 Å². The van der Waals surface area contributed by atoms with Gasteiger partial charge in [0.05, 0.1) is 18.7 Å². The maximum Gasteiger partial charge on any atom is 0.328 e. The van der Waals surface area contributed by atoms with Gasteiger partial charge >= 0.3 is 5.97 Å². The number of thioether (sulfide) groups is 1. The van der Waals surface area contributed by atoms with Crippen molar-refractivity contribution in [1.82, 2.24) is 16.0 Å². The minimum Gasteiger partial charge on any atom is -0.508 e. The summed E-state index contributed by atoms with van der Waals surface area (Å²) in [5.74, 6) is -2.74. The van der Waals surface area contributed by atoms with Gasteiger partial charge in [-0.05, 0) is 43.0 Å². The van der Waals surface area contributed by atoms with Crippen LogP contribution in [0.2, 0.25) is 0 Å². The van der Waals surface area contributed by atoms with Crippen molar-refractivity contribution < 1.29 is 34.5 Å². The number of nitrogens with two attached hydrogens (primary N) is 1. The molecule has 0 aromatic heterocycles. The molecule has 8 N–H and O–H groups in total. The van der Waals surface area contributed by atoms with Crippen LogP contribution in [0.15, 0.2) is 24.3 Å². The quantitative estimate of drug-likeness (QED) is 0.181. The van der Waals surface area contributed by atoms with Crippen LogP contribution in [0.25, 0.3) is 0 Å². The largest absolute Gasteiger partial charge is 0.508 e. The van der Waals surface area contributed by atoms with E-state index in [2.05, 4.69) is 16.0 Å². The van der Waals surface area contributed by atoms with E-state index in [0.717, 1.165) is 0 Å². The van der Waals surface area contributed by atoms with E-state index < -0.39 is 54.5 Å². The second-order valence-electron chi connectivity index (χ2n) is 7.16. The molecule has 11 nitrogen and oxygen atoms in total. The summed E-state index contributed by atoms with van der Waals surface area (Å²) >= 11 is 1.53. The van der Waals surface area contributed by atoms with Crippen LogP contribution in [-0.4, -0.2) is 81.8 Å². The molecule has 3 amide bonds. The Balaban J connectivity index is 2.82. The lowest BCUT2D eigenvalue weighted by molar-refractivity contribution is -0.144. The first-order chi connectivity index (χ1) is 15.0. The molecule has 0 saturated heterocycles. The van der Waals surface area contributed by atoms with Gasteiger partial charge in [-0.2, -0.15) is 11.8 Å². The number of aliphatic hydroxyl groups excluding tert-OH is 1. The number of carbonyl (C=O) groups excluding carboxylic acids is 3. The average molecular weight is 471 g/mol. The van der Waals surface area contributed by atoms with Crippen LogP contribution in [0.3, 0.4) is 0 Å². The van der Waals surface area contributed by atoms with E-state index in [9.17, 15) is 29.4 Å². The summed E-state index contributed by atoms with van der Waals surface area (Å²) in [5.41, 5.74) is 6.51. The first-order valence-corrected chi connectivity index (χ1v) is 11.2. The minimum atomic E-state index is -1.53. The summed E-state index contributed by atoms with van der Waals surface area (Å²) in [7, 11) is 0. The van der Waals surface area contributed by atoms with E-state index in [1.54, 1.807) is 12.1 Å². The lowest BCUT2D eigenvalue weighted by Gasteiger charge is -2.21. The van der Waals surface area contributed by atoms with Gasteiger partial charge in [-0.1, -0.05) is 12.1 Å². The molecule has 0 radical (unpaired) electrons. The van der Waals surface area contributed by atoms with Gasteiger partial charge in [0, 0.05) is 6.42 Å². The molecule has 0 saturated carbocycles. The number of phenols is 1. The number of aromatic hydroxyl groups is 1. The van der Waals surface area contributed by atoms with Crippen molar-refractivity contribution in [3.63, 3.8) is 0 Å². The zero-order chi connectivity index (χ0) is 24.3. The fraction of sp³-hybridized carbons (Fsp3) is 0.500. The highest BCUT2D eigenvalue weighted by atomic mass is 32.2. The maximum absolute atomic E-state index is 12.7. The summed E-state index contributed by atoms with van der Waals surface area (Å²) in [6, 6.07) is 2.64. The average Bonchev–Trinajstić information content (AvgIpc) is 2.74. The number of nitrogens with one attached hydrogen (secondary N) is 3.